The number of anilines is 1. The summed E-state index contributed by atoms with van der Waals surface area (Å²) in [5.74, 6) is 0.617. The van der Waals surface area contributed by atoms with Gasteiger partial charge in [-0.3, -0.25) is 4.79 Å². The highest BCUT2D eigenvalue weighted by Crippen LogP contribution is 2.27. The van der Waals surface area contributed by atoms with E-state index in [1.807, 2.05) is 32.9 Å². The van der Waals surface area contributed by atoms with Crippen molar-refractivity contribution in [2.45, 2.75) is 26.3 Å². The van der Waals surface area contributed by atoms with Crippen molar-refractivity contribution >= 4 is 27.5 Å². The zero-order valence-corrected chi connectivity index (χ0v) is 12.7. The monoisotopic (exact) mass is 314 g/mol. The number of nitrogens with one attached hydrogen (secondary N) is 2. The van der Waals surface area contributed by atoms with E-state index in [1.54, 1.807) is 13.2 Å². The molecule has 0 saturated heterocycles. The first kappa shape index (κ1) is 15.0. The first-order chi connectivity index (χ1) is 8.31. The van der Waals surface area contributed by atoms with E-state index in [2.05, 4.69) is 26.6 Å². The van der Waals surface area contributed by atoms with Crippen LogP contribution in [0.25, 0.3) is 0 Å². The van der Waals surface area contributed by atoms with Gasteiger partial charge in [-0.1, -0.05) is 0 Å². The van der Waals surface area contributed by atoms with Crippen LogP contribution < -0.4 is 15.4 Å². The third-order valence-electron chi connectivity index (χ3n) is 2.21. The Morgan fingerprint density at radius 3 is 2.61 bits per heavy atom. The van der Waals surface area contributed by atoms with Gasteiger partial charge in [-0.25, -0.2) is 0 Å². The van der Waals surface area contributed by atoms with Gasteiger partial charge in [-0.15, -0.1) is 0 Å². The number of methoxy groups -OCH3 is 1. The van der Waals surface area contributed by atoms with Crippen molar-refractivity contribution in [3.05, 3.63) is 22.7 Å². The zero-order valence-electron chi connectivity index (χ0n) is 11.1. The average Bonchev–Trinajstić information content (AvgIpc) is 2.28. The number of carbonyl (C=O) groups is 1. The van der Waals surface area contributed by atoms with Crippen molar-refractivity contribution in [1.29, 1.82) is 0 Å². The lowest BCUT2D eigenvalue weighted by molar-refractivity contribution is -0.115. The van der Waals surface area contributed by atoms with Gasteiger partial charge in [0.05, 0.1) is 18.1 Å². The number of hydrogen-bond acceptors (Lipinski definition) is 3. The number of amides is 1. The fraction of sp³-hybridized carbons (Fsp3) is 0.462. The Balaban J connectivity index is 2.59. The molecule has 0 aliphatic heterocycles. The van der Waals surface area contributed by atoms with Crippen molar-refractivity contribution in [3.63, 3.8) is 0 Å². The molecule has 0 aromatic heterocycles. The Kier molecular flexibility index (Phi) is 5.16. The highest BCUT2D eigenvalue weighted by molar-refractivity contribution is 9.10. The van der Waals surface area contributed by atoms with E-state index in [0.29, 0.717) is 5.75 Å². The molecule has 18 heavy (non-hydrogen) atoms. The molecule has 0 aliphatic carbocycles. The minimum absolute atomic E-state index is 0.0747. The Bertz CT molecular complexity index is 427. The predicted molar refractivity (Wildman–Crippen MR) is 77.1 cm³/mol. The topological polar surface area (TPSA) is 50.4 Å². The van der Waals surface area contributed by atoms with Crippen LogP contribution in [-0.4, -0.2) is 25.1 Å². The first-order valence-corrected chi connectivity index (χ1v) is 6.49. The Morgan fingerprint density at radius 1 is 1.39 bits per heavy atom. The van der Waals surface area contributed by atoms with Crippen molar-refractivity contribution < 1.29 is 9.53 Å². The van der Waals surface area contributed by atoms with Crippen LogP contribution in [0.2, 0.25) is 0 Å². The smallest absolute Gasteiger partial charge is 0.238 e. The maximum absolute atomic E-state index is 11.7. The highest BCUT2D eigenvalue weighted by Gasteiger charge is 2.11. The molecule has 4 nitrogen and oxygen atoms in total. The maximum atomic E-state index is 11.7. The normalized spacial score (nSPS) is 11.2. The molecule has 0 heterocycles. The second-order valence-corrected chi connectivity index (χ2v) is 5.86. The number of ether oxygens (including phenoxy) is 1. The average molecular weight is 315 g/mol. The van der Waals surface area contributed by atoms with Crippen molar-refractivity contribution in [1.82, 2.24) is 5.32 Å². The van der Waals surface area contributed by atoms with E-state index < -0.39 is 0 Å². The Labute approximate surface area is 116 Å². The van der Waals surface area contributed by atoms with E-state index in [0.717, 1.165) is 10.2 Å². The Hall–Kier alpha value is -1.07. The van der Waals surface area contributed by atoms with Gasteiger partial charge >= 0.3 is 0 Å². The predicted octanol–water partition coefficient (Wildman–Crippen LogP) is 2.78. The third kappa shape index (κ3) is 5.06. The van der Waals surface area contributed by atoms with Gasteiger partial charge in [-0.2, -0.15) is 0 Å². The second kappa shape index (κ2) is 6.20. The van der Waals surface area contributed by atoms with E-state index >= 15 is 0 Å². The summed E-state index contributed by atoms with van der Waals surface area (Å²) in [6, 6.07) is 5.44. The number of rotatable bonds is 4. The summed E-state index contributed by atoms with van der Waals surface area (Å²) in [5.41, 5.74) is 0.644. The molecule has 0 fully saturated rings. The molecular formula is C13H19BrN2O2. The Morgan fingerprint density at radius 2 is 2.06 bits per heavy atom. The lowest BCUT2D eigenvalue weighted by Crippen LogP contribution is -2.41. The van der Waals surface area contributed by atoms with Gasteiger partial charge in [0.15, 0.2) is 0 Å². The first-order valence-electron chi connectivity index (χ1n) is 5.70. The molecule has 1 rings (SSSR count). The molecule has 0 spiro atoms. The fourth-order valence-electron chi connectivity index (χ4n) is 1.29. The van der Waals surface area contributed by atoms with Gasteiger partial charge < -0.3 is 15.4 Å². The van der Waals surface area contributed by atoms with E-state index in [4.69, 9.17) is 4.74 Å². The van der Waals surface area contributed by atoms with Crippen LogP contribution in [0.5, 0.6) is 5.75 Å². The van der Waals surface area contributed by atoms with Crippen LogP contribution in [0.15, 0.2) is 22.7 Å². The molecule has 0 bridgehead atoms. The number of hydrogen-bond donors (Lipinski definition) is 2. The number of carbonyl (C=O) groups excluding carboxylic acids is 1. The van der Waals surface area contributed by atoms with E-state index in [1.165, 1.54) is 0 Å². The van der Waals surface area contributed by atoms with E-state index in [9.17, 15) is 4.79 Å². The quantitative estimate of drug-likeness (QED) is 0.898. The van der Waals surface area contributed by atoms with E-state index in [-0.39, 0.29) is 18.0 Å². The molecule has 1 aromatic rings. The summed E-state index contributed by atoms with van der Waals surface area (Å²) in [5, 5.41) is 5.94. The lowest BCUT2D eigenvalue weighted by Gasteiger charge is -2.20. The summed E-state index contributed by atoms with van der Waals surface area (Å²) in [4.78, 5) is 11.7. The summed E-state index contributed by atoms with van der Waals surface area (Å²) >= 11 is 3.36. The molecule has 100 valence electrons. The summed E-state index contributed by atoms with van der Waals surface area (Å²) in [6.07, 6.45) is 0. The van der Waals surface area contributed by atoms with Gasteiger partial charge in [0, 0.05) is 17.3 Å². The van der Waals surface area contributed by atoms with Crippen LogP contribution in [0.4, 0.5) is 5.69 Å². The molecule has 0 saturated carbocycles. The van der Waals surface area contributed by atoms with Crippen molar-refractivity contribution in [2.24, 2.45) is 0 Å². The lowest BCUT2D eigenvalue weighted by atomic mass is 10.1. The molecule has 1 aromatic carbocycles. The van der Waals surface area contributed by atoms with Gasteiger partial charge in [-0.05, 0) is 48.8 Å². The standard InChI is InChI=1S/C13H19BrN2O2/c1-13(2,3)15-8-12(17)16-9-5-6-10(14)11(7-9)18-4/h5-7,15H,8H2,1-4H3,(H,16,17). The summed E-state index contributed by atoms with van der Waals surface area (Å²) < 4.78 is 6.02. The molecule has 0 radical (unpaired) electrons. The van der Waals surface area contributed by atoms with Crippen LogP contribution in [-0.2, 0) is 4.79 Å². The fourth-order valence-corrected chi connectivity index (χ4v) is 1.70. The van der Waals surface area contributed by atoms with Gasteiger partial charge in [0.2, 0.25) is 5.91 Å². The van der Waals surface area contributed by atoms with Crippen LogP contribution in [0.3, 0.4) is 0 Å². The third-order valence-corrected chi connectivity index (χ3v) is 2.87. The molecular weight excluding hydrogens is 296 g/mol. The second-order valence-electron chi connectivity index (χ2n) is 5.00. The largest absolute Gasteiger partial charge is 0.495 e. The minimum atomic E-state index is -0.0747. The summed E-state index contributed by atoms with van der Waals surface area (Å²) in [7, 11) is 1.59. The van der Waals surface area contributed by atoms with Crippen molar-refractivity contribution in [3.8, 4) is 5.75 Å². The van der Waals surface area contributed by atoms with Crippen molar-refractivity contribution in [2.75, 3.05) is 19.0 Å². The molecule has 0 unspecified atom stereocenters. The van der Waals surface area contributed by atoms with Gasteiger partial charge in [0.25, 0.3) is 0 Å². The van der Waals surface area contributed by atoms with Crippen LogP contribution >= 0.6 is 15.9 Å². The maximum Gasteiger partial charge on any atom is 0.238 e. The molecule has 1 amide bonds. The molecule has 0 atom stereocenters. The summed E-state index contributed by atoms with van der Waals surface area (Å²) in [6.45, 7) is 6.33. The minimum Gasteiger partial charge on any atom is -0.495 e. The molecule has 5 heteroatoms. The molecule has 0 aliphatic rings. The molecule has 2 N–H and O–H groups in total. The number of halogens is 1. The number of benzene rings is 1. The zero-order chi connectivity index (χ0) is 13.8. The van der Waals surface area contributed by atoms with Crippen LogP contribution in [0.1, 0.15) is 20.8 Å². The van der Waals surface area contributed by atoms with Gasteiger partial charge in [0.1, 0.15) is 5.75 Å². The van der Waals surface area contributed by atoms with Crippen LogP contribution in [0, 0.1) is 0 Å². The highest BCUT2D eigenvalue weighted by atomic mass is 79.9. The SMILES string of the molecule is COc1cc(NC(=O)CNC(C)(C)C)ccc1Br.